The molecule has 3 aliphatic rings. The number of piperidine rings is 1. The molecule has 0 N–H and O–H groups in total. The maximum atomic E-state index is 12.7. The van der Waals surface area contributed by atoms with E-state index in [1.165, 1.54) is 32.1 Å². The van der Waals surface area contributed by atoms with Crippen molar-refractivity contribution in [2.45, 2.75) is 44.9 Å². The van der Waals surface area contributed by atoms with Gasteiger partial charge in [-0.3, -0.25) is 9.69 Å². The van der Waals surface area contributed by atoms with Crippen LogP contribution in [0.5, 0.6) is 0 Å². The van der Waals surface area contributed by atoms with E-state index >= 15 is 0 Å². The van der Waals surface area contributed by atoms with Crippen LogP contribution in [0.1, 0.15) is 44.9 Å². The lowest BCUT2D eigenvalue weighted by Gasteiger charge is -2.54. The first kappa shape index (κ1) is 15.3. The summed E-state index contributed by atoms with van der Waals surface area (Å²) >= 11 is 0. The molecule has 4 heteroatoms. The predicted octanol–water partition coefficient (Wildman–Crippen LogP) is 2.14. The van der Waals surface area contributed by atoms with E-state index in [0.717, 1.165) is 58.1 Å². The molecule has 0 unspecified atom stereocenters. The van der Waals surface area contributed by atoms with Crippen molar-refractivity contribution in [3.8, 4) is 0 Å². The third-order valence-corrected chi connectivity index (χ3v) is 5.71. The van der Waals surface area contributed by atoms with Crippen LogP contribution in [-0.2, 0) is 9.53 Å². The number of methoxy groups -OCH3 is 1. The zero-order valence-electron chi connectivity index (χ0n) is 13.5. The minimum absolute atomic E-state index is 0.0410. The second-order valence-electron chi connectivity index (χ2n) is 7.34. The molecule has 2 saturated heterocycles. The lowest BCUT2D eigenvalue weighted by Crippen LogP contribution is -2.67. The third kappa shape index (κ3) is 3.26. The fourth-order valence-corrected chi connectivity index (χ4v) is 4.52. The number of ether oxygens (including phenoxy) is 1. The molecule has 2 aliphatic heterocycles. The maximum Gasteiger partial charge on any atom is 0.231 e. The number of carbonyl (C=O) groups is 1. The molecule has 1 atom stereocenters. The van der Waals surface area contributed by atoms with Crippen LogP contribution < -0.4 is 0 Å². The Labute approximate surface area is 128 Å². The minimum Gasteiger partial charge on any atom is -0.383 e. The van der Waals surface area contributed by atoms with Gasteiger partial charge in [0.2, 0.25) is 5.91 Å². The van der Waals surface area contributed by atoms with Crippen LogP contribution in [0.25, 0.3) is 0 Å². The molecule has 3 rings (SSSR count). The summed E-state index contributed by atoms with van der Waals surface area (Å²) in [5.41, 5.74) is -0.0410. The first-order chi connectivity index (χ1) is 10.2. The Balaban J connectivity index is 1.50. The summed E-state index contributed by atoms with van der Waals surface area (Å²) in [5, 5.41) is 0. The molecule has 1 saturated carbocycles. The van der Waals surface area contributed by atoms with Gasteiger partial charge in [0.25, 0.3) is 0 Å². The number of likely N-dealkylation sites (tertiary alicyclic amines) is 2. The first-order valence-electron chi connectivity index (χ1n) is 8.74. The average molecular weight is 294 g/mol. The quantitative estimate of drug-likeness (QED) is 0.728. The second-order valence-corrected chi connectivity index (χ2v) is 7.34. The van der Waals surface area contributed by atoms with Crippen LogP contribution in [0.2, 0.25) is 0 Å². The number of hydrogen-bond acceptors (Lipinski definition) is 3. The molecule has 3 fully saturated rings. The average Bonchev–Trinajstić information content (AvgIpc) is 2.53. The summed E-state index contributed by atoms with van der Waals surface area (Å²) in [4.78, 5) is 17.3. The molecule has 0 radical (unpaired) electrons. The molecule has 0 aromatic carbocycles. The van der Waals surface area contributed by atoms with Crippen LogP contribution in [0.4, 0.5) is 0 Å². The van der Waals surface area contributed by atoms with Crippen molar-refractivity contribution in [2.24, 2.45) is 11.3 Å². The summed E-state index contributed by atoms with van der Waals surface area (Å²) in [6.07, 6.45) is 9.03. The Morgan fingerprint density at radius 1 is 1.19 bits per heavy atom. The molecule has 0 bridgehead atoms. The lowest BCUT2D eigenvalue weighted by molar-refractivity contribution is -0.167. The molecular weight excluding hydrogens is 264 g/mol. The molecule has 1 amide bonds. The number of amides is 1. The van der Waals surface area contributed by atoms with Crippen LogP contribution in [0, 0.1) is 11.3 Å². The highest BCUT2D eigenvalue weighted by molar-refractivity contribution is 5.89. The van der Waals surface area contributed by atoms with Gasteiger partial charge < -0.3 is 9.64 Å². The van der Waals surface area contributed by atoms with Crippen molar-refractivity contribution in [2.75, 3.05) is 46.4 Å². The van der Waals surface area contributed by atoms with E-state index in [1.54, 1.807) is 7.11 Å². The van der Waals surface area contributed by atoms with Gasteiger partial charge in [-0.25, -0.2) is 0 Å². The molecule has 0 aromatic rings. The minimum atomic E-state index is -0.0410. The summed E-state index contributed by atoms with van der Waals surface area (Å²) in [6.45, 7) is 5.85. The number of carbonyl (C=O) groups excluding carboxylic acids is 1. The van der Waals surface area contributed by atoms with Gasteiger partial charge in [-0.1, -0.05) is 19.3 Å². The van der Waals surface area contributed by atoms with E-state index in [-0.39, 0.29) is 5.41 Å². The number of β-lactam (4-membered cyclic amide) rings is 1. The fourth-order valence-electron chi connectivity index (χ4n) is 4.52. The standard InChI is InChI=1S/C17H30N2O2/c1-21-11-10-18-9-5-8-17(13-18)14-19(16(17)20)12-15-6-3-2-4-7-15/h15H,2-14H2,1H3/t17-/m0/s1. The molecule has 0 aromatic heterocycles. The predicted molar refractivity (Wildman–Crippen MR) is 83.1 cm³/mol. The number of rotatable bonds is 5. The SMILES string of the molecule is COCCN1CCC[C@]2(C1)CN(CC1CCCCC1)C2=O. The summed E-state index contributed by atoms with van der Waals surface area (Å²) in [7, 11) is 1.75. The summed E-state index contributed by atoms with van der Waals surface area (Å²) in [5.74, 6) is 1.21. The van der Waals surface area contributed by atoms with Gasteiger partial charge in [-0.05, 0) is 38.1 Å². The van der Waals surface area contributed by atoms with Crippen LogP contribution in [0.3, 0.4) is 0 Å². The summed E-state index contributed by atoms with van der Waals surface area (Å²) in [6, 6.07) is 0. The molecule has 21 heavy (non-hydrogen) atoms. The van der Waals surface area contributed by atoms with E-state index in [9.17, 15) is 4.79 Å². The van der Waals surface area contributed by atoms with Gasteiger partial charge >= 0.3 is 0 Å². The Morgan fingerprint density at radius 2 is 2.00 bits per heavy atom. The van der Waals surface area contributed by atoms with Gasteiger partial charge in [0, 0.05) is 33.3 Å². The van der Waals surface area contributed by atoms with Gasteiger partial charge in [-0.2, -0.15) is 0 Å². The van der Waals surface area contributed by atoms with Gasteiger partial charge in [0.1, 0.15) is 0 Å². The monoisotopic (exact) mass is 294 g/mol. The van der Waals surface area contributed by atoms with Crippen LogP contribution in [0.15, 0.2) is 0 Å². The van der Waals surface area contributed by atoms with Crippen molar-refractivity contribution in [3.63, 3.8) is 0 Å². The molecule has 1 spiro atoms. The van der Waals surface area contributed by atoms with Crippen molar-refractivity contribution in [1.82, 2.24) is 9.80 Å². The lowest BCUT2D eigenvalue weighted by atomic mass is 9.71. The zero-order valence-corrected chi connectivity index (χ0v) is 13.5. The maximum absolute atomic E-state index is 12.7. The van der Waals surface area contributed by atoms with E-state index in [1.807, 2.05) is 0 Å². The molecule has 120 valence electrons. The van der Waals surface area contributed by atoms with Crippen LogP contribution >= 0.6 is 0 Å². The van der Waals surface area contributed by atoms with Crippen LogP contribution in [-0.4, -0.2) is 62.1 Å². The number of nitrogens with zero attached hydrogens (tertiary/aromatic N) is 2. The van der Waals surface area contributed by atoms with E-state index in [4.69, 9.17) is 4.74 Å². The van der Waals surface area contributed by atoms with Crippen molar-refractivity contribution >= 4 is 5.91 Å². The van der Waals surface area contributed by atoms with E-state index < -0.39 is 0 Å². The smallest absolute Gasteiger partial charge is 0.231 e. The molecule has 4 nitrogen and oxygen atoms in total. The highest BCUT2D eigenvalue weighted by atomic mass is 16.5. The Hall–Kier alpha value is -0.610. The molecule has 2 heterocycles. The van der Waals surface area contributed by atoms with Crippen molar-refractivity contribution in [3.05, 3.63) is 0 Å². The topological polar surface area (TPSA) is 32.8 Å². The first-order valence-corrected chi connectivity index (χ1v) is 8.74. The van der Waals surface area contributed by atoms with Crippen molar-refractivity contribution < 1.29 is 9.53 Å². The molecular formula is C17H30N2O2. The second kappa shape index (κ2) is 6.66. The normalized spacial score (nSPS) is 31.7. The number of hydrogen-bond donors (Lipinski definition) is 0. The third-order valence-electron chi connectivity index (χ3n) is 5.71. The Bertz CT molecular complexity index is 368. The highest BCUT2D eigenvalue weighted by Gasteiger charge is 2.53. The van der Waals surface area contributed by atoms with Gasteiger partial charge in [0.05, 0.1) is 12.0 Å². The fraction of sp³-hybridized carbons (Fsp3) is 0.941. The highest BCUT2D eigenvalue weighted by Crippen LogP contribution is 2.41. The zero-order chi connectivity index (χ0) is 14.7. The van der Waals surface area contributed by atoms with Gasteiger partial charge in [0.15, 0.2) is 0 Å². The van der Waals surface area contributed by atoms with Gasteiger partial charge in [-0.15, -0.1) is 0 Å². The van der Waals surface area contributed by atoms with E-state index in [2.05, 4.69) is 9.80 Å². The Morgan fingerprint density at radius 3 is 2.71 bits per heavy atom. The largest absolute Gasteiger partial charge is 0.383 e. The van der Waals surface area contributed by atoms with Crippen molar-refractivity contribution in [1.29, 1.82) is 0 Å². The summed E-state index contributed by atoms with van der Waals surface area (Å²) < 4.78 is 5.18. The van der Waals surface area contributed by atoms with E-state index in [0.29, 0.717) is 5.91 Å². The Kier molecular flexibility index (Phi) is 4.85. The molecule has 1 aliphatic carbocycles.